The van der Waals surface area contributed by atoms with Crippen LogP contribution in [0.3, 0.4) is 0 Å². The van der Waals surface area contributed by atoms with Crippen LogP contribution < -0.4 is 88.4 Å². The average Bonchev–Trinajstić information content (AvgIpc) is 3.39. The highest BCUT2D eigenvalue weighted by Crippen LogP contribution is 2.15. The molecule has 0 heterocycles. The Morgan fingerprint density at radius 2 is 0.580 bits per heavy atom. The molecule has 468 valence electrons. The van der Waals surface area contributed by atoms with Gasteiger partial charge in [-0.25, -0.2) is 4.79 Å². The number of aliphatic imine (C=N–C) groups is 1. The summed E-state index contributed by atoms with van der Waals surface area (Å²) in [5.74, 6) is -7.30. The van der Waals surface area contributed by atoms with E-state index in [-0.39, 0.29) is 101 Å². The van der Waals surface area contributed by atoms with Gasteiger partial charge in [-0.2, -0.15) is 0 Å². The highest BCUT2D eigenvalue weighted by Gasteiger charge is 2.35. The molecule has 27 heteroatoms. The van der Waals surface area contributed by atoms with Crippen molar-refractivity contribution in [3.63, 3.8) is 0 Å². The molecule has 81 heavy (non-hydrogen) atoms. The lowest BCUT2D eigenvalue weighted by atomic mass is 9.98. The molecule has 0 unspecified atom stereocenters. The normalized spacial score (nSPS) is 14.7. The maximum Gasteiger partial charge on any atom is 0.326 e. The zero-order chi connectivity index (χ0) is 61.5. The van der Waals surface area contributed by atoms with E-state index >= 15 is 0 Å². The van der Waals surface area contributed by atoms with Crippen molar-refractivity contribution in [3.8, 4) is 0 Å². The van der Waals surface area contributed by atoms with Gasteiger partial charge in [-0.1, -0.05) is 48.0 Å². The average molecular weight is 1150 g/mol. The van der Waals surface area contributed by atoms with E-state index in [1.165, 1.54) is 0 Å². The summed E-state index contributed by atoms with van der Waals surface area (Å²) in [7, 11) is 0. The molecule has 0 radical (unpaired) electrons. The van der Waals surface area contributed by atoms with Gasteiger partial charge in [0.2, 0.25) is 47.3 Å². The molecule has 0 fully saturated rings. The molecular weight excluding hydrogens is 1050 g/mol. The fraction of sp³-hybridized carbons (Fsp3) is 0.815. The van der Waals surface area contributed by atoms with Gasteiger partial charge in [0.1, 0.15) is 48.3 Å². The summed E-state index contributed by atoms with van der Waals surface area (Å²) in [6.45, 7) is 12.9. The van der Waals surface area contributed by atoms with Gasteiger partial charge in [0, 0.05) is 6.54 Å². The molecule has 0 aromatic carbocycles. The van der Waals surface area contributed by atoms with Crippen molar-refractivity contribution in [2.24, 2.45) is 68.6 Å². The summed E-state index contributed by atoms with van der Waals surface area (Å²) in [6, 6.07) is -10.5. The van der Waals surface area contributed by atoms with Gasteiger partial charge in [0.25, 0.3) is 0 Å². The number of carbonyl (C=O) groups excluding carboxylic acids is 8. The number of hydrogen-bond acceptors (Lipinski definition) is 16. The predicted octanol–water partition coefficient (Wildman–Crippen LogP) is -1.89. The number of guanidine groups is 1. The molecule has 0 saturated heterocycles. The number of unbranched alkanes of at least 4 members (excludes halogenated alkanes) is 5. The van der Waals surface area contributed by atoms with Gasteiger partial charge in [0.05, 0.1) is 6.04 Å². The van der Waals surface area contributed by atoms with Crippen LogP contribution in [-0.2, 0) is 43.2 Å². The van der Waals surface area contributed by atoms with Crippen molar-refractivity contribution < 1.29 is 48.3 Å². The first kappa shape index (κ1) is 75.3. The molecule has 0 saturated carbocycles. The fourth-order valence-corrected chi connectivity index (χ4v) is 8.74. The number of nitrogens with two attached hydrogens (primary N) is 8. The monoisotopic (exact) mass is 1150 g/mol. The number of carboxylic acids is 1. The van der Waals surface area contributed by atoms with Crippen LogP contribution in [0.2, 0.25) is 0 Å². The second-order valence-corrected chi connectivity index (χ2v) is 22.2. The molecular formula is C54H107N17O10. The third kappa shape index (κ3) is 34.3. The lowest BCUT2D eigenvalue weighted by Crippen LogP contribution is -2.60. The van der Waals surface area contributed by atoms with Crippen molar-refractivity contribution in [2.45, 2.75) is 224 Å². The van der Waals surface area contributed by atoms with Crippen molar-refractivity contribution in [2.75, 3.05) is 39.3 Å². The van der Waals surface area contributed by atoms with E-state index in [9.17, 15) is 48.3 Å². The SMILES string of the molecule is CC(C)C[C@H](NC(=O)[C@H](CC(C)C)NC(=O)[C@H](CCCCN)NC(=O)[C@H](CCCCN)NC(=O)[C@H](CC(C)C)NC(=O)[C@H](CCCN=C(N)N)NC(=O)[C@@H](N)CCCCN)C(=O)N[C@@H](CCCCN)C(=O)N[C@@H](CCCCN)C(=O)O. The number of carbonyl (C=O) groups is 9. The molecule has 0 aromatic heterocycles. The van der Waals surface area contributed by atoms with Crippen molar-refractivity contribution >= 4 is 59.2 Å². The van der Waals surface area contributed by atoms with E-state index in [2.05, 4.69) is 47.5 Å². The first-order valence-electron chi connectivity index (χ1n) is 29.3. The second kappa shape index (κ2) is 43.9. The summed E-state index contributed by atoms with van der Waals surface area (Å²) in [5, 5.41) is 31.8. The maximum absolute atomic E-state index is 14.4. The molecule has 0 aliphatic rings. The largest absolute Gasteiger partial charge is 0.480 e. The Kier molecular flexibility index (Phi) is 40.8. The zero-order valence-corrected chi connectivity index (χ0v) is 49.5. The van der Waals surface area contributed by atoms with E-state index in [0.717, 1.165) is 0 Å². The molecule has 8 amide bonds. The molecule has 25 N–H and O–H groups in total. The van der Waals surface area contributed by atoms with Crippen molar-refractivity contribution in [1.29, 1.82) is 0 Å². The van der Waals surface area contributed by atoms with Crippen LogP contribution in [0.1, 0.15) is 170 Å². The Hall–Kier alpha value is -5.74. The summed E-state index contributed by atoms with van der Waals surface area (Å²) >= 11 is 0. The summed E-state index contributed by atoms with van der Waals surface area (Å²) < 4.78 is 0. The van der Waals surface area contributed by atoms with Crippen LogP contribution in [-0.4, -0.2) is 158 Å². The van der Waals surface area contributed by atoms with Gasteiger partial charge in [-0.3, -0.25) is 43.3 Å². The number of nitrogens with one attached hydrogen (secondary N) is 8. The molecule has 0 aliphatic carbocycles. The van der Waals surface area contributed by atoms with Crippen LogP contribution in [0.15, 0.2) is 4.99 Å². The first-order chi connectivity index (χ1) is 38.3. The molecule has 0 aromatic rings. The van der Waals surface area contributed by atoms with E-state index in [0.29, 0.717) is 90.3 Å². The van der Waals surface area contributed by atoms with E-state index in [4.69, 9.17) is 45.9 Å². The second-order valence-electron chi connectivity index (χ2n) is 22.2. The Morgan fingerprint density at radius 1 is 0.346 bits per heavy atom. The summed E-state index contributed by atoms with van der Waals surface area (Å²) in [5.41, 5.74) is 45.7. The minimum Gasteiger partial charge on any atom is -0.480 e. The number of carboxylic acid groups (broad SMARTS) is 1. The van der Waals surface area contributed by atoms with Crippen LogP contribution in [0, 0.1) is 17.8 Å². The fourth-order valence-electron chi connectivity index (χ4n) is 8.74. The first-order valence-corrected chi connectivity index (χ1v) is 29.3. The van der Waals surface area contributed by atoms with E-state index in [1.54, 1.807) is 0 Å². The molecule has 0 bridgehead atoms. The van der Waals surface area contributed by atoms with Gasteiger partial charge < -0.3 is 93.5 Å². The Labute approximate surface area is 480 Å². The lowest BCUT2D eigenvalue weighted by Gasteiger charge is -2.29. The number of amides is 8. The molecule has 0 rings (SSSR count). The lowest BCUT2D eigenvalue weighted by molar-refractivity contribution is -0.142. The predicted molar refractivity (Wildman–Crippen MR) is 314 cm³/mol. The third-order valence-electron chi connectivity index (χ3n) is 13.2. The van der Waals surface area contributed by atoms with Crippen LogP contribution in [0.4, 0.5) is 0 Å². The minimum atomic E-state index is -1.24. The molecule has 0 spiro atoms. The smallest absolute Gasteiger partial charge is 0.326 e. The Bertz CT molecular complexity index is 1910. The number of hydrogen-bond donors (Lipinski definition) is 17. The summed E-state index contributed by atoms with van der Waals surface area (Å²) in [6.07, 6.45) is 6.55. The maximum atomic E-state index is 14.4. The summed E-state index contributed by atoms with van der Waals surface area (Å²) in [4.78, 5) is 128. The van der Waals surface area contributed by atoms with Crippen LogP contribution >= 0.6 is 0 Å². The highest BCUT2D eigenvalue weighted by molar-refractivity contribution is 5.98. The number of aliphatic carboxylic acids is 1. The standard InChI is InChI=1S/C54H107N17O10/c1-33(2)30-42(69-49(76)40(23-17-29-63-54(61)62)64-45(72)36(60)18-7-12-24-55)50(77)66-37(19-8-13-25-56)46(73)65-39(21-10-15-27-58)48(75)70-44(32-35(5)6)52(79)71-43(31-34(3)4)51(78)67-38(20-9-14-26-57)47(74)68-41(53(80)81)22-11-16-28-59/h33-44H,7-32,55-60H2,1-6H3,(H,64,72)(H,65,73)(H,66,77)(H,67,78)(H,68,74)(H,69,76)(H,70,75)(H,71,79)(H,80,81)(H4,61,62,63)/t36-,37-,38-,39-,40-,41-,42-,43-,44-/m0/s1. The molecule has 9 atom stereocenters. The zero-order valence-electron chi connectivity index (χ0n) is 49.5. The highest BCUT2D eigenvalue weighted by atomic mass is 16.4. The molecule has 27 nitrogen and oxygen atoms in total. The Morgan fingerprint density at radius 3 is 0.852 bits per heavy atom. The van der Waals surface area contributed by atoms with Crippen molar-refractivity contribution in [1.82, 2.24) is 42.5 Å². The van der Waals surface area contributed by atoms with Crippen molar-refractivity contribution in [3.05, 3.63) is 0 Å². The molecule has 0 aliphatic heterocycles. The van der Waals surface area contributed by atoms with Gasteiger partial charge >= 0.3 is 5.97 Å². The quantitative estimate of drug-likeness (QED) is 0.0180. The van der Waals surface area contributed by atoms with Gasteiger partial charge in [0.15, 0.2) is 5.96 Å². The number of nitrogens with zero attached hydrogens (tertiary/aromatic N) is 1. The van der Waals surface area contributed by atoms with Crippen LogP contribution in [0.5, 0.6) is 0 Å². The Balaban J connectivity index is 6.86. The van der Waals surface area contributed by atoms with Gasteiger partial charge in [-0.15, -0.1) is 0 Å². The number of rotatable bonds is 47. The minimum absolute atomic E-state index is 0.0923. The third-order valence-corrected chi connectivity index (χ3v) is 13.2. The topological polar surface area (TPSA) is 491 Å². The van der Waals surface area contributed by atoms with Crippen LogP contribution in [0.25, 0.3) is 0 Å². The van der Waals surface area contributed by atoms with E-state index in [1.807, 2.05) is 41.5 Å². The van der Waals surface area contributed by atoms with E-state index < -0.39 is 108 Å². The van der Waals surface area contributed by atoms with Gasteiger partial charge in [-0.05, 0) is 172 Å².